The second-order valence-corrected chi connectivity index (χ2v) is 4.10. The quantitative estimate of drug-likeness (QED) is 0.697. The molecule has 3 heteroatoms. The van der Waals surface area contributed by atoms with Crippen LogP contribution in [-0.2, 0) is 4.79 Å². The maximum absolute atomic E-state index is 11.7. The molecule has 0 aromatic carbocycles. The summed E-state index contributed by atoms with van der Waals surface area (Å²) in [5, 5.41) is 9.44. The average molecular weight is 185 g/mol. The fourth-order valence-electron chi connectivity index (χ4n) is 1.88. The van der Waals surface area contributed by atoms with E-state index in [2.05, 4.69) is 6.92 Å². The summed E-state index contributed by atoms with van der Waals surface area (Å²) in [7, 11) is 0. The second kappa shape index (κ2) is 4.09. The van der Waals surface area contributed by atoms with E-state index >= 15 is 0 Å². The van der Waals surface area contributed by atoms with E-state index in [1.807, 2.05) is 18.7 Å². The first kappa shape index (κ1) is 10.5. The van der Waals surface area contributed by atoms with Gasteiger partial charge in [0, 0.05) is 18.5 Å². The molecule has 0 aromatic heterocycles. The van der Waals surface area contributed by atoms with E-state index in [0.717, 1.165) is 12.8 Å². The van der Waals surface area contributed by atoms with Gasteiger partial charge in [-0.1, -0.05) is 20.8 Å². The normalized spacial score (nSPS) is 28.5. The highest BCUT2D eigenvalue weighted by Crippen LogP contribution is 2.22. The van der Waals surface area contributed by atoms with Crippen molar-refractivity contribution < 1.29 is 9.90 Å². The zero-order valence-corrected chi connectivity index (χ0v) is 8.66. The lowest BCUT2D eigenvalue weighted by Gasteiger charge is -2.25. The number of hydrogen-bond acceptors (Lipinski definition) is 2. The van der Waals surface area contributed by atoms with Crippen LogP contribution in [0.15, 0.2) is 0 Å². The minimum atomic E-state index is -0.312. The molecular formula is C10H19NO2. The average Bonchev–Trinajstić information content (AvgIpc) is 2.45. The van der Waals surface area contributed by atoms with Gasteiger partial charge in [-0.25, -0.2) is 0 Å². The highest BCUT2D eigenvalue weighted by atomic mass is 16.3. The summed E-state index contributed by atoms with van der Waals surface area (Å²) in [6.07, 6.45) is 1.37. The summed E-state index contributed by atoms with van der Waals surface area (Å²) in [6.45, 7) is 6.39. The molecule has 0 saturated carbocycles. The van der Waals surface area contributed by atoms with E-state index in [-0.39, 0.29) is 24.0 Å². The molecule has 0 spiro atoms. The number of β-amino-alcohol motifs (C(OH)–C–C–N with tert-alkyl or cyclic N) is 1. The van der Waals surface area contributed by atoms with Gasteiger partial charge >= 0.3 is 0 Å². The first-order chi connectivity index (χ1) is 6.06. The predicted molar refractivity (Wildman–Crippen MR) is 51.3 cm³/mol. The van der Waals surface area contributed by atoms with E-state index in [4.69, 9.17) is 0 Å². The zero-order chi connectivity index (χ0) is 10.0. The Morgan fingerprint density at radius 2 is 2.23 bits per heavy atom. The summed E-state index contributed by atoms with van der Waals surface area (Å²) in [6, 6.07) is 0.255. The molecule has 1 saturated heterocycles. The molecule has 1 aliphatic rings. The molecule has 0 bridgehead atoms. The molecule has 0 aliphatic carbocycles. The number of hydrogen-bond donors (Lipinski definition) is 1. The third kappa shape index (κ3) is 2.21. The predicted octanol–water partition coefficient (Wildman–Crippen LogP) is 1.01. The molecule has 0 aromatic rings. The number of aliphatic hydroxyl groups is 1. The molecule has 1 heterocycles. The molecule has 1 aliphatic heterocycles. The lowest BCUT2D eigenvalue weighted by molar-refractivity contribution is -0.135. The lowest BCUT2D eigenvalue weighted by Crippen LogP contribution is -2.38. The van der Waals surface area contributed by atoms with Crippen molar-refractivity contribution in [1.82, 2.24) is 4.90 Å². The summed E-state index contributed by atoms with van der Waals surface area (Å²) in [5.41, 5.74) is 0. The van der Waals surface area contributed by atoms with Crippen LogP contribution < -0.4 is 0 Å². The van der Waals surface area contributed by atoms with E-state index in [9.17, 15) is 9.90 Å². The monoisotopic (exact) mass is 185 g/mol. The van der Waals surface area contributed by atoms with Gasteiger partial charge in [0.25, 0.3) is 0 Å². The lowest BCUT2D eigenvalue weighted by atomic mass is 10.1. The standard InChI is InChI=1S/C10H19NO2/c1-4-8-5-9(12)6-11(8)10(13)7(2)3/h7-9,12H,4-6H2,1-3H3/t8-,9-/m1/s1. The van der Waals surface area contributed by atoms with Crippen molar-refractivity contribution in [2.75, 3.05) is 6.54 Å². The highest BCUT2D eigenvalue weighted by Gasteiger charge is 2.33. The Morgan fingerprint density at radius 3 is 2.69 bits per heavy atom. The minimum absolute atomic E-state index is 0.0411. The maximum Gasteiger partial charge on any atom is 0.225 e. The van der Waals surface area contributed by atoms with E-state index in [0.29, 0.717) is 6.54 Å². The number of aliphatic hydroxyl groups excluding tert-OH is 1. The van der Waals surface area contributed by atoms with Gasteiger partial charge in [0.05, 0.1) is 6.10 Å². The summed E-state index contributed by atoms with van der Waals surface area (Å²) >= 11 is 0. The fourth-order valence-corrected chi connectivity index (χ4v) is 1.88. The molecule has 2 atom stereocenters. The van der Waals surface area contributed by atoms with Crippen molar-refractivity contribution >= 4 is 5.91 Å². The summed E-state index contributed by atoms with van der Waals surface area (Å²) < 4.78 is 0. The van der Waals surface area contributed by atoms with Gasteiger partial charge in [-0.2, -0.15) is 0 Å². The number of carbonyl (C=O) groups excluding carboxylic acids is 1. The van der Waals surface area contributed by atoms with Crippen molar-refractivity contribution in [3.8, 4) is 0 Å². The molecular weight excluding hydrogens is 166 g/mol. The van der Waals surface area contributed by atoms with E-state index in [1.54, 1.807) is 0 Å². The molecule has 1 fully saturated rings. The van der Waals surface area contributed by atoms with Crippen molar-refractivity contribution in [1.29, 1.82) is 0 Å². The third-order valence-electron chi connectivity index (χ3n) is 2.64. The Kier molecular flexibility index (Phi) is 3.31. The topological polar surface area (TPSA) is 40.5 Å². The van der Waals surface area contributed by atoms with E-state index < -0.39 is 0 Å². The number of carbonyl (C=O) groups is 1. The second-order valence-electron chi connectivity index (χ2n) is 4.10. The Bertz CT molecular complexity index is 191. The number of nitrogens with zero attached hydrogens (tertiary/aromatic N) is 1. The van der Waals surface area contributed by atoms with Gasteiger partial charge < -0.3 is 10.0 Å². The van der Waals surface area contributed by atoms with Crippen LogP contribution in [0.4, 0.5) is 0 Å². The van der Waals surface area contributed by atoms with Crippen LogP contribution in [0.2, 0.25) is 0 Å². The first-order valence-electron chi connectivity index (χ1n) is 5.04. The van der Waals surface area contributed by atoms with Crippen LogP contribution >= 0.6 is 0 Å². The zero-order valence-electron chi connectivity index (χ0n) is 8.66. The molecule has 0 unspecified atom stereocenters. The van der Waals surface area contributed by atoms with Gasteiger partial charge in [-0.05, 0) is 12.8 Å². The van der Waals surface area contributed by atoms with Gasteiger partial charge in [0.2, 0.25) is 5.91 Å². The molecule has 13 heavy (non-hydrogen) atoms. The maximum atomic E-state index is 11.7. The van der Waals surface area contributed by atoms with Gasteiger partial charge in [0.15, 0.2) is 0 Å². The Balaban J connectivity index is 2.62. The molecule has 1 N–H and O–H groups in total. The fraction of sp³-hybridized carbons (Fsp3) is 0.900. The van der Waals surface area contributed by atoms with E-state index in [1.165, 1.54) is 0 Å². The Hall–Kier alpha value is -0.570. The number of rotatable bonds is 2. The van der Waals surface area contributed by atoms with Crippen molar-refractivity contribution in [3.05, 3.63) is 0 Å². The van der Waals surface area contributed by atoms with Crippen LogP contribution in [0.25, 0.3) is 0 Å². The van der Waals surface area contributed by atoms with Gasteiger partial charge in [0.1, 0.15) is 0 Å². The van der Waals surface area contributed by atoms with Crippen LogP contribution in [0.5, 0.6) is 0 Å². The minimum Gasteiger partial charge on any atom is -0.391 e. The van der Waals surface area contributed by atoms with Crippen LogP contribution in [0, 0.1) is 5.92 Å². The highest BCUT2D eigenvalue weighted by molar-refractivity contribution is 5.78. The van der Waals surface area contributed by atoms with Crippen LogP contribution in [-0.4, -0.2) is 34.6 Å². The Labute approximate surface area is 79.7 Å². The van der Waals surface area contributed by atoms with Crippen LogP contribution in [0.1, 0.15) is 33.6 Å². The summed E-state index contributed by atoms with van der Waals surface area (Å²) in [5.74, 6) is 0.211. The SMILES string of the molecule is CC[C@@H]1C[C@@H](O)CN1C(=O)C(C)C. The largest absolute Gasteiger partial charge is 0.391 e. The van der Waals surface area contributed by atoms with Crippen molar-refractivity contribution in [2.45, 2.75) is 45.8 Å². The molecule has 1 amide bonds. The Morgan fingerprint density at radius 1 is 1.62 bits per heavy atom. The third-order valence-corrected chi connectivity index (χ3v) is 2.64. The first-order valence-corrected chi connectivity index (χ1v) is 5.04. The molecule has 3 nitrogen and oxygen atoms in total. The van der Waals surface area contributed by atoms with Crippen LogP contribution in [0.3, 0.4) is 0 Å². The number of amides is 1. The van der Waals surface area contributed by atoms with Crippen molar-refractivity contribution in [3.63, 3.8) is 0 Å². The molecule has 76 valence electrons. The smallest absolute Gasteiger partial charge is 0.225 e. The van der Waals surface area contributed by atoms with Gasteiger partial charge in [-0.3, -0.25) is 4.79 Å². The molecule has 0 radical (unpaired) electrons. The summed E-state index contributed by atoms with van der Waals surface area (Å²) in [4.78, 5) is 13.5. The number of likely N-dealkylation sites (tertiary alicyclic amines) is 1. The molecule has 1 rings (SSSR count). The van der Waals surface area contributed by atoms with Gasteiger partial charge in [-0.15, -0.1) is 0 Å². The van der Waals surface area contributed by atoms with Crippen molar-refractivity contribution in [2.24, 2.45) is 5.92 Å².